The number of carboxylic acid groups (broad SMARTS) is 1. The molecule has 0 bridgehead atoms. The van der Waals surface area contributed by atoms with Gasteiger partial charge < -0.3 is 20.1 Å². The summed E-state index contributed by atoms with van der Waals surface area (Å²) in [4.78, 5) is 26.3. The molecule has 4 rings (SSSR count). The molecule has 1 amide bonds. The number of fused-ring (bicyclic) bond motifs is 3. The number of rotatable bonds is 6. The highest BCUT2D eigenvalue weighted by molar-refractivity contribution is 5.81. The molecule has 2 aromatic rings. The number of carbonyl (C=O) groups excluding carboxylic acids is 1. The van der Waals surface area contributed by atoms with E-state index in [9.17, 15) is 14.7 Å². The Morgan fingerprint density at radius 1 is 1.13 bits per heavy atom. The first-order valence-electron chi connectivity index (χ1n) is 10.6. The first kappa shape index (κ1) is 20.4. The Bertz CT molecular complexity index is 883. The van der Waals surface area contributed by atoms with Crippen molar-refractivity contribution in [3.05, 3.63) is 59.7 Å². The van der Waals surface area contributed by atoms with E-state index >= 15 is 0 Å². The first-order chi connectivity index (χ1) is 14.5. The van der Waals surface area contributed by atoms with E-state index in [0.29, 0.717) is 6.42 Å². The van der Waals surface area contributed by atoms with E-state index in [1.54, 1.807) is 0 Å². The minimum atomic E-state index is -1.02. The van der Waals surface area contributed by atoms with Crippen molar-refractivity contribution in [2.75, 3.05) is 26.7 Å². The monoisotopic (exact) mass is 408 g/mol. The summed E-state index contributed by atoms with van der Waals surface area (Å²) < 4.78 is 5.51. The highest BCUT2D eigenvalue weighted by atomic mass is 16.5. The molecule has 0 saturated carbocycles. The number of carboxylic acids is 1. The van der Waals surface area contributed by atoms with E-state index in [1.165, 1.54) is 0 Å². The highest BCUT2D eigenvalue weighted by Gasteiger charge is 2.30. The topological polar surface area (TPSA) is 78.9 Å². The number of carbonyl (C=O) groups is 2. The Morgan fingerprint density at radius 3 is 2.37 bits per heavy atom. The van der Waals surface area contributed by atoms with Crippen molar-refractivity contribution < 1.29 is 19.4 Å². The van der Waals surface area contributed by atoms with Crippen LogP contribution in [0.25, 0.3) is 11.1 Å². The van der Waals surface area contributed by atoms with Crippen LogP contribution in [0.4, 0.5) is 4.79 Å². The van der Waals surface area contributed by atoms with Gasteiger partial charge in [-0.2, -0.15) is 0 Å². The van der Waals surface area contributed by atoms with Gasteiger partial charge in [-0.25, -0.2) is 9.59 Å². The molecule has 2 aromatic carbocycles. The summed E-state index contributed by atoms with van der Waals surface area (Å²) >= 11 is 0. The second-order valence-electron chi connectivity index (χ2n) is 8.37. The molecule has 6 nitrogen and oxygen atoms in total. The predicted octanol–water partition coefficient (Wildman–Crippen LogP) is 3.71. The van der Waals surface area contributed by atoms with Gasteiger partial charge in [0, 0.05) is 12.5 Å². The molecule has 1 aliphatic carbocycles. The quantitative estimate of drug-likeness (QED) is 0.762. The zero-order chi connectivity index (χ0) is 21.1. The van der Waals surface area contributed by atoms with Crippen LogP contribution in [0.15, 0.2) is 48.5 Å². The Morgan fingerprint density at radius 2 is 1.77 bits per heavy atom. The second-order valence-corrected chi connectivity index (χ2v) is 8.37. The van der Waals surface area contributed by atoms with Crippen LogP contribution in [-0.4, -0.2) is 54.9 Å². The lowest BCUT2D eigenvalue weighted by molar-refractivity contribution is -0.140. The molecule has 2 aliphatic rings. The first-order valence-corrected chi connectivity index (χ1v) is 10.6. The van der Waals surface area contributed by atoms with Gasteiger partial charge in [0.25, 0.3) is 0 Å². The van der Waals surface area contributed by atoms with Crippen molar-refractivity contribution in [2.24, 2.45) is 5.92 Å². The Hall–Kier alpha value is -2.86. The Balaban J connectivity index is 1.39. The van der Waals surface area contributed by atoms with Crippen LogP contribution in [0.3, 0.4) is 0 Å². The van der Waals surface area contributed by atoms with E-state index in [1.807, 2.05) is 31.3 Å². The van der Waals surface area contributed by atoms with E-state index in [0.717, 1.165) is 48.2 Å². The third-order valence-corrected chi connectivity index (χ3v) is 6.22. The number of benzene rings is 2. The van der Waals surface area contributed by atoms with E-state index in [-0.39, 0.29) is 18.4 Å². The number of ether oxygens (including phenoxy) is 1. The third-order valence-electron chi connectivity index (χ3n) is 6.22. The minimum Gasteiger partial charge on any atom is -0.480 e. The molecule has 158 valence electrons. The van der Waals surface area contributed by atoms with Gasteiger partial charge in [0.1, 0.15) is 12.6 Å². The van der Waals surface area contributed by atoms with Crippen molar-refractivity contribution in [3.63, 3.8) is 0 Å². The maximum atomic E-state index is 12.4. The molecular weight excluding hydrogens is 380 g/mol. The lowest BCUT2D eigenvalue weighted by atomic mass is 9.91. The number of piperidine rings is 1. The molecule has 1 fully saturated rings. The summed E-state index contributed by atoms with van der Waals surface area (Å²) in [7, 11) is 2.04. The number of hydrogen-bond acceptors (Lipinski definition) is 4. The predicted molar refractivity (Wildman–Crippen MR) is 114 cm³/mol. The fraction of sp³-hybridized carbons (Fsp3) is 0.417. The standard InChI is InChI=1S/C24H28N2O4/c1-26-12-6-7-16(14-26)13-22(23(27)28)25-24(29)30-15-21-19-10-4-2-8-17(19)18-9-3-5-11-20(18)21/h2-5,8-11,16,21-22H,6-7,12-15H2,1H3,(H,25,29)(H,27,28). The van der Waals surface area contributed by atoms with Gasteiger partial charge in [-0.05, 0) is 61.0 Å². The molecular formula is C24H28N2O4. The molecule has 6 heteroatoms. The SMILES string of the molecule is CN1CCCC(CC(NC(=O)OCC2c3ccccc3-c3ccccc32)C(=O)O)C1. The third kappa shape index (κ3) is 4.33. The lowest BCUT2D eigenvalue weighted by Crippen LogP contribution is -2.44. The number of aliphatic carboxylic acids is 1. The molecule has 2 unspecified atom stereocenters. The molecule has 30 heavy (non-hydrogen) atoms. The molecule has 0 aromatic heterocycles. The fourth-order valence-corrected chi connectivity index (χ4v) is 4.80. The van der Waals surface area contributed by atoms with Crippen molar-refractivity contribution in [3.8, 4) is 11.1 Å². The van der Waals surface area contributed by atoms with Gasteiger partial charge in [0.2, 0.25) is 0 Å². The van der Waals surface area contributed by atoms with Gasteiger partial charge >= 0.3 is 12.1 Å². The van der Waals surface area contributed by atoms with Gasteiger partial charge in [0.05, 0.1) is 0 Å². The molecule has 2 atom stereocenters. The summed E-state index contributed by atoms with van der Waals surface area (Å²) in [5.41, 5.74) is 4.58. The Labute approximate surface area is 176 Å². The van der Waals surface area contributed by atoms with Crippen LogP contribution in [0.1, 0.15) is 36.3 Å². The normalized spacial score (nSPS) is 19.6. The molecule has 0 radical (unpaired) electrons. The second kappa shape index (κ2) is 8.88. The summed E-state index contributed by atoms with van der Waals surface area (Å²) in [6, 6.07) is 15.3. The maximum absolute atomic E-state index is 12.4. The smallest absolute Gasteiger partial charge is 0.407 e. The maximum Gasteiger partial charge on any atom is 0.407 e. The summed E-state index contributed by atoms with van der Waals surface area (Å²) in [6.45, 7) is 2.07. The number of nitrogens with zero attached hydrogens (tertiary/aromatic N) is 1. The van der Waals surface area contributed by atoms with Crippen molar-refractivity contribution >= 4 is 12.1 Å². The molecule has 0 spiro atoms. The van der Waals surface area contributed by atoms with Crippen molar-refractivity contribution in [2.45, 2.75) is 31.2 Å². The van der Waals surface area contributed by atoms with Gasteiger partial charge in [-0.15, -0.1) is 0 Å². The minimum absolute atomic E-state index is 0.0431. The average Bonchev–Trinajstić information content (AvgIpc) is 3.06. The van der Waals surface area contributed by atoms with Crippen molar-refractivity contribution in [1.29, 1.82) is 0 Å². The van der Waals surface area contributed by atoms with Gasteiger partial charge in [-0.1, -0.05) is 48.5 Å². The van der Waals surface area contributed by atoms with E-state index in [4.69, 9.17) is 4.74 Å². The van der Waals surface area contributed by atoms with Crippen LogP contribution in [0, 0.1) is 5.92 Å². The number of hydrogen-bond donors (Lipinski definition) is 2. The molecule has 1 heterocycles. The summed E-state index contributed by atoms with van der Waals surface area (Å²) in [5, 5.41) is 12.1. The number of amides is 1. The molecule has 1 aliphatic heterocycles. The van der Waals surface area contributed by atoms with Crippen LogP contribution in [-0.2, 0) is 9.53 Å². The van der Waals surface area contributed by atoms with Gasteiger partial charge in [0.15, 0.2) is 0 Å². The van der Waals surface area contributed by atoms with E-state index < -0.39 is 18.1 Å². The fourth-order valence-electron chi connectivity index (χ4n) is 4.80. The van der Waals surface area contributed by atoms with Crippen LogP contribution >= 0.6 is 0 Å². The average molecular weight is 408 g/mol. The highest BCUT2D eigenvalue weighted by Crippen LogP contribution is 2.44. The van der Waals surface area contributed by atoms with Crippen molar-refractivity contribution in [1.82, 2.24) is 10.2 Å². The molecule has 2 N–H and O–H groups in total. The number of nitrogens with one attached hydrogen (secondary N) is 1. The number of alkyl carbamates (subject to hydrolysis) is 1. The zero-order valence-electron chi connectivity index (χ0n) is 17.2. The van der Waals surface area contributed by atoms with E-state index in [2.05, 4.69) is 34.5 Å². The summed E-state index contributed by atoms with van der Waals surface area (Å²) in [5.74, 6) is -0.797. The van der Waals surface area contributed by atoms with Crippen LogP contribution in [0.5, 0.6) is 0 Å². The Kier molecular flexibility index (Phi) is 6.04. The lowest BCUT2D eigenvalue weighted by Gasteiger charge is -2.31. The van der Waals surface area contributed by atoms with Gasteiger partial charge in [-0.3, -0.25) is 0 Å². The van der Waals surface area contributed by atoms with Crippen LogP contribution < -0.4 is 5.32 Å². The molecule has 1 saturated heterocycles. The zero-order valence-corrected chi connectivity index (χ0v) is 17.2. The largest absolute Gasteiger partial charge is 0.480 e. The summed E-state index contributed by atoms with van der Waals surface area (Å²) in [6.07, 6.45) is 1.79. The number of likely N-dealkylation sites (tertiary alicyclic amines) is 1. The van der Waals surface area contributed by atoms with Crippen LogP contribution in [0.2, 0.25) is 0 Å².